The van der Waals surface area contributed by atoms with E-state index in [1.165, 1.54) is 12.8 Å². The van der Waals surface area contributed by atoms with Gasteiger partial charge in [-0.15, -0.1) is 0 Å². The van der Waals surface area contributed by atoms with E-state index < -0.39 is 0 Å². The van der Waals surface area contributed by atoms with Gasteiger partial charge in [-0.1, -0.05) is 6.42 Å². The highest BCUT2D eigenvalue weighted by Gasteiger charge is 2.40. The van der Waals surface area contributed by atoms with Crippen LogP contribution in [0, 0.1) is 5.92 Å². The van der Waals surface area contributed by atoms with Crippen molar-refractivity contribution in [2.45, 2.75) is 37.8 Å². The van der Waals surface area contributed by atoms with Gasteiger partial charge in [0.15, 0.2) is 0 Å². The molecule has 2 bridgehead atoms. The zero-order chi connectivity index (χ0) is 8.84. The van der Waals surface area contributed by atoms with Crippen molar-refractivity contribution in [2.24, 2.45) is 5.92 Å². The van der Waals surface area contributed by atoms with Crippen LogP contribution in [0.1, 0.15) is 25.7 Å². The molecule has 4 fully saturated rings. The molecule has 2 unspecified atom stereocenters. The molecule has 0 radical (unpaired) electrons. The second kappa shape index (κ2) is 2.71. The van der Waals surface area contributed by atoms with Crippen molar-refractivity contribution >= 4 is 5.91 Å². The van der Waals surface area contributed by atoms with Crippen molar-refractivity contribution in [3.8, 4) is 0 Å². The molecule has 4 rings (SSSR count). The first-order valence-corrected chi connectivity index (χ1v) is 5.38. The van der Waals surface area contributed by atoms with Gasteiger partial charge in [0.2, 0.25) is 5.91 Å². The van der Waals surface area contributed by atoms with Crippen LogP contribution in [-0.2, 0) is 4.79 Å². The maximum atomic E-state index is 11.8. The molecule has 1 saturated carbocycles. The van der Waals surface area contributed by atoms with Crippen LogP contribution in [-0.4, -0.2) is 36.0 Å². The fourth-order valence-corrected chi connectivity index (χ4v) is 2.61. The highest BCUT2D eigenvalue weighted by atomic mass is 16.2. The Bertz CT molecular complexity index is 221. The van der Waals surface area contributed by atoms with E-state index in [4.69, 9.17) is 0 Å². The summed E-state index contributed by atoms with van der Waals surface area (Å²) in [5.74, 6) is 0.819. The monoisotopic (exact) mass is 180 g/mol. The van der Waals surface area contributed by atoms with Crippen LogP contribution in [0.3, 0.4) is 0 Å². The van der Waals surface area contributed by atoms with E-state index in [1.807, 2.05) is 0 Å². The summed E-state index contributed by atoms with van der Waals surface area (Å²) < 4.78 is 0. The molecule has 3 heterocycles. The zero-order valence-electron chi connectivity index (χ0n) is 7.83. The van der Waals surface area contributed by atoms with Crippen molar-refractivity contribution in [2.75, 3.05) is 13.1 Å². The summed E-state index contributed by atoms with van der Waals surface area (Å²) in [6, 6.07) is 1.23. The van der Waals surface area contributed by atoms with E-state index in [0.29, 0.717) is 23.9 Å². The number of hydrogen-bond acceptors (Lipinski definition) is 2. The van der Waals surface area contributed by atoms with Crippen LogP contribution in [0.4, 0.5) is 0 Å². The number of carbonyl (C=O) groups excluding carboxylic acids is 1. The SMILES string of the molecule is O=C(C1CCC1)N1CC2CC(C1)N2. The Kier molecular flexibility index (Phi) is 1.62. The van der Waals surface area contributed by atoms with Crippen LogP contribution in [0.25, 0.3) is 0 Å². The minimum absolute atomic E-state index is 0.387. The maximum absolute atomic E-state index is 11.8. The summed E-state index contributed by atoms with van der Waals surface area (Å²) in [5.41, 5.74) is 0. The van der Waals surface area contributed by atoms with Gasteiger partial charge in [-0.25, -0.2) is 0 Å². The Labute approximate surface area is 78.5 Å². The number of fused-ring (bicyclic) bond motifs is 2. The highest BCUT2D eigenvalue weighted by molar-refractivity contribution is 5.80. The van der Waals surface area contributed by atoms with E-state index >= 15 is 0 Å². The van der Waals surface area contributed by atoms with Crippen LogP contribution >= 0.6 is 0 Å². The molecule has 0 aromatic rings. The van der Waals surface area contributed by atoms with E-state index in [9.17, 15) is 4.79 Å². The first-order valence-electron chi connectivity index (χ1n) is 5.38. The lowest BCUT2D eigenvalue weighted by Crippen LogP contribution is -2.68. The van der Waals surface area contributed by atoms with Crippen LogP contribution in [0.2, 0.25) is 0 Å². The lowest BCUT2D eigenvalue weighted by atomic mass is 9.82. The van der Waals surface area contributed by atoms with Crippen LogP contribution in [0.5, 0.6) is 0 Å². The van der Waals surface area contributed by atoms with E-state index in [0.717, 1.165) is 25.9 Å². The minimum atomic E-state index is 0.387. The zero-order valence-corrected chi connectivity index (χ0v) is 7.83. The van der Waals surface area contributed by atoms with Crippen molar-refractivity contribution in [1.29, 1.82) is 0 Å². The average molecular weight is 180 g/mol. The summed E-state index contributed by atoms with van der Waals surface area (Å²) >= 11 is 0. The smallest absolute Gasteiger partial charge is 0.225 e. The molecular formula is C10H16N2O. The lowest BCUT2D eigenvalue weighted by Gasteiger charge is -2.49. The van der Waals surface area contributed by atoms with Crippen LogP contribution in [0.15, 0.2) is 0 Å². The number of nitrogens with zero attached hydrogens (tertiary/aromatic N) is 1. The Balaban J connectivity index is 1.61. The number of rotatable bonds is 1. The van der Waals surface area contributed by atoms with Gasteiger partial charge in [-0.2, -0.15) is 0 Å². The van der Waals surface area contributed by atoms with Gasteiger partial charge < -0.3 is 10.2 Å². The number of piperazine rings is 1. The van der Waals surface area contributed by atoms with Crippen molar-refractivity contribution in [3.05, 3.63) is 0 Å². The Morgan fingerprint density at radius 1 is 1.23 bits per heavy atom. The molecule has 0 aromatic carbocycles. The van der Waals surface area contributed by atoms with E-state index in [1.54, 1.807) is 0 Å². The van der Waals surface area contributed by atoms with Gasteiger partial charge in [-0.3, -0.25) is 4.79 Å². The Hall–Kier alpha value is -0.570. The molecule has 3 saturated heterocycles. The largest absolute Gasteiger partial charge is 0.339 e. The molecule has 72 valence electrons. The average Bonchev–Trinajstić information content (AvgIpc) is 2.00. The molecule has 3 heteroatoms. The minimum Gasteiger partial charge on any atom is -0.339 e. The predicted octanol–water partition coefficient (Wildman–Crippen LogP) is 0.359. The number of hydrogen-bond donors (Lipinski definition) is 1. The highest BCUT2D eigenvalue weighted by Crippen LogP contribution is 2.30. The third-order valence-electron chi connectivity index (χ3n) is 3.69. The standard InChI is InChI=1S/C10H16N2O/c13-10(7-2-1-3-7)12-5-8-4-9(6-12)11-8/h7-9,11H,1-6H2. The van der Waals surface area contributed by atoms with Crippen molar-refractivity contribution < 1.29 is 4.79 Å². The molecule has 13 heavy (non-hydrogen) atoms. The third kappa shape index (κ3) is 1.17. The molecule has 3 nitrogen and oxygen atoms in total. The van der Waals surface area contributed by atoms with Gasteiger partial charge >= 0.3 is 0 Å². The number of carbonyl (C=O) groups is 1. The summed E-state index contributed by atoms with van der Waals surface area (Å²) in [5, 5.41) is 3.45. The molecular weight excluding hydrogens is 164 g/mol. The van der Waals surface area contributed by atoms with Crippen molar-refractivity contribution in [3.63, 3.8) is 0 Å². The molecule has 3 aliphatic heterocycles. The number of nitrogens with one attached hydrogen (secondary N) is 1. The molecule has 1 amide bonds. The molecule has 1 N–H and O–H groups in total. The van der Waals surface area contributed by atoms with Gasteiger partial charge in [0.05, 0.1) is 0 Å². The maximum Gasteiger partial charge on any atom is 0.225 e. The van der Waals surface area contributed by atoms with E-state index in [-0.39, 0.29) is 0 Å². The summed E-state index contributed by atoms with van der Waals surface area (Å²) in [6.45, 7) is 1.93. The van der Waals surface area contributed by atoms with Gasteiger partial charge in [0.25, 0.3) is 0 Å². The quantitative estimate of drug-likeness (QED) is 0.632. The normalized spacial score (nSPS) is 38.0. The Morgan fingerprint density at radius 2 is 1.85 bits per heavy atom. The molecule has 1 aliphatic carbocycles. The second-order valence-corrected chi connectivity index (χ2v) is 4.67. The summed E-state index contributed by atoms with van der Waals surface area (Å²) in [7, 11) is 0. The second-order valence-electron chi connectivity index (χ2n) is 4.67. The van der Waals surface area contributed by atoms with Crippen LogP contribution < -0.4 is 5.32 Å². The summed E-state index contributed by atoms with van der Waals surface area (Å²) in [4.78, 5) is 13.9. The van der Waals surface area contributed by atoms with Gasteiger partial charge in [0, 0.05) is 31.1 Å². The molecule has 0 aromatic heterocycles. The fraction of sp³-hybridized carbons (Fsp3) is 0.900. The first kappa shape index (κ1) is 7.80. The molecule has 4 aliphatic rings. The van der Waals surface area contributed by atoms with Gasteiger partial charge in [-0.05, 0) is 19.3 Å². The van der Waals surface area contributed by atoms with Crippen molar-refractivity contribution in [1.82, 2.24) is 10.2 Å². The predicted molar refractivity (Wildman–Crippen MR) is 49.2 cm³/mol. The Morgan fingerprint density at radius 3 is 2.31 bits per heavy atom. The lowest BCUT2D eigenvalue weighted by molar-refractivity contribution is -0.142. The number of amides is 1. The third-order valence-corrected chi connectivity index (χ3v) is 3.69. The first-order chi connectivity index (χ1) is 6.33. The summed E-state index contributed by atoms with van der Waals surface area (Å²) in [6.07, 6.45) is 4.82. The number of piperidine rings is 1. The fourth-order valence-electron chi connectivity index (χ4n) is 2.61. The topological polar surface area (TPSA) is 32.3 Å². The molecule has 0 spiro atoms. The molecule has 2 atom stereocenters. The van der Waals surface area contributed by atoms with Gasteiger partial charge in [0.1, 0.15) is 0 Å². The van der Waals surface area contributed by atoms with E-state index in [2.05, 4.69) is 10.2 Å².